The van der Waals surface area contributed by atoms with Crippen molar-refractivity contribution in [2.45, 2.75) is 55.7 Å². The number of carbonyl (C=O) groups is 3. The van der Waals surface area contributed by atoms with Crippen LogP contribution in [0.1, 0.15) is 33.6 Å². The van der Waals surface area contributed by atoms with Crippen LogP contribution in [0.5, 0.6) is 5.75 Å². The number of aliphatic hydroxyl groups excluding tert-OH is 1. The number of hydrogen-bond donors (Lipinski definition) is 1. The molecule has 240 valence electrons. The van der Waals surface area contributed by atoms with Crippen LogP contribution in [0.2, 0.25) is 5.02 Å². The van der Waals surface area contributed by atoms with Gasteiger partial charge >= 0.3 is 0 Å². The molecule has 0 aliphatic carbocycles. The van der Waals surface area contributed by atoms with Gasteiger partial charge in [0.25, 0.3) is 5.91 Å². The Morgan fingerprint density at radius 3 is 2.18 bits per heavy atom. The molecule has 2 bridgehead atoms. The summed E-state index contributed by atoms with van der Waals surface area (Å²) in [5.41, 5.74) is 1.33. The average molecular weight is 652 g/mol. The molecule has 3 saturated heterocycles. The first-order valence-corrected chi connectivity index (χ1v) is 16.8. The van der Waals surface area contributed by atoms with Gasteiger partial charge in [0.05, 0.1) is 35.8 Å². The number of ether oxygens (including phenoxy) is 1. The van der Waals surface area contributed by atoms with E-state index >= 15 is 0 Å². The highest BCUT2D eigenvalue weighted by Crippen LogP contribution is 2.67. The molecule has 3 fully saturated rings. The van der Waals surface area contributed by atoms with Gasteiger partial charge in [0.15, 0.2) is 0 Å². The van der Waals surface area contributed by atoms with Crippen LogP contribution < -0.4 is 14.5 Å². The highest BCUT2D eigenvalue weighted by molar-refractivity contribution is 8.02. The molecule has 10 heteroatoms. The fourth-order valence-electron chi connectivity index (χ4n) is 7.37. The lowest BCUT2D eigenvalue weighted by atomic mass is 9.70. The van der Waals surface area contributed by atoms with Crippen LogP contribution >= 0.6 is 23.4 Å². The molecule has 2 unspecified atom stereocenters. The van der Waals surface area contributed by atoms with Gasteiger partial charge in [-0.3, -0.25) is 14.4 Å². The summed E-state index contributed by atoms with van der Waals surface area (Å²) in [5.74, 6) is -1.39. The van der Waals surface area contributed by atoms with Crippen molar-refractivity contribution in [3.05, 3.63) is 78.9 Å². The maximum Gasteiger partial charge on any atom is 0.251 e. The summed E-state index contributed by atoms with van der Waals surface area (Å²) in [6.45, 7) is 14.3. The molecule has 3 aliphatic rings. The van der Waals surface area contributed by atoms with Crippen molar-refractivity contribution in [1.82, 2.24) is 4.90 Å². The largest absolute Gasteiger partial charge is 0.494 e. The number of halogens is 1. The number of rotatable bonds is 13. The Morgan fingerprint density at radius 1 is 1.07 bits per heavy atom. The molecule has 6 atom stereocenters. The number of likely N-dealkylation sites (tertiary alicyclic amines) is 1. The van der Waals surface area contributed by atoms with Gasteiger partial charge in [-0.1, -0.05) is 37.6 Å². The molecule has 1 spiro atoms. The number of thioether (sulfide) groups is 1. The van der Waals surface area contributed by atoms with Gasteiger partial charge in [-0.25, -0.2) is 0 Å². The van der Waals surface area contributed by atoms with E-state index in [0.717, 1.165) is 0 Å². The minimum absolute atomic E-state index is 0.117. The molecule has 3 amide bonds. The van der Waals surface area contributed by atoms with Gasteiger partial charge in [-0.05, 0) is 74.2 Å². The summed E-state index contributed by atoms with van der Waals surface area (Å²) in [6, 6.07) is 12.9. The summed E-state index contributed by atoms with van der Waals surface area (Å²) in [7, 11) is 0. The first-order chi connectivity index (χ1) is 21.6. The first kappa shape index (κ1) is 33.1. The van der Waals surface area contributed by atoms with E-state index in [-0.39, 0.29) is 48.6 Å². The Hall–Kier alpha value is -3.27. The van der Waals surface area contributed by atoms with Gasteiger partial charge < -0.3 is 24.5 Å². The Labute approximate surface area is 275 Å². The zero-order valence-electron chi connectivity index (χ0n) is 26.1. The number of aliphatic hydroxyl groups is 1. The summed E-state index contributed by atoms with van der Waals surface area (Å²) in [6.07, 6.45) is 4.67. The van der Waals surface area contributed by atoms with Gasteiger partial charge in [0, 0.05) is 34.7 Å². The first-order valence-electron chi connectivity index (χ1n) is 15.6. The van der Waals surface area contributed by atoms with Crippen molar-refractivity contribution in [2.75, 3.05) is 36.1 Å². The third-order valence-corrected chi connectivity index (χ3v) is 11.5. The number of nitrogens with zero attached hydrogens (tertiary/aromatic N) is 3. The van der Waals surface area contributed by atoms with E-state index < -0.39 is 28.7 Å². The van der Waals surface area contributed by atoms with E-state index in [9.17, 15) is 19.5 Å². The van der Waals surface area contributed by atoms with E-state index in [1.807, 2.05) is 45.0 Å². The Morgan fingerprint density at radius 2 is 1.64 bits per heavy atom. The summed E-state index contributed by atoms with van der Waals surface area (Å²) in [5, 5.41) is 11.0. The standard InChI is InChI=1S/C35H42ClN3O5S/c1-6-19-37(25-13-15-26(16-14-25)44-8-3)32(41)29-28-17-18-35(45-28)30(29)33(42)39(27(21-40)22(4)5)31(35)34(43)38(20-7-2)24-11-9-23(36)10-12-24/h6-7,9-16,22,27-31,40H,1-2,8,17-21H2,3-5H3/t27-,28-,29+,30-,31?,35?/m0/s1. The second-order valence-corrected chi connectivity index (χ2v) is 14.2. The molecule has 0 saturated carbocycles. The van der Waals surface area contributed by atoms with Gasteiger partial charge in [0.2, 0.25) is 11.8 Å². The SMILES string of the molecule is C=CCN(C(=O)C1N([C@@H](CO)C(C)C)C(=O)[C@@H]2[C@H](C(=O)N(CC=C)c3ccc(OCC)cc3)[C@@H]3CCC12S3)c1ccc(Cl)cc1. The van der Waals surface area contributed by atoms with E-state index in [1.54, 1.807) is 62.9 Å². The number of benzene rings is 2. The fraction of sp³-hybridized carbons (Fsp3) is 0.457. The van der Waals surface area contributed by atoms with E-state index in [1.165, 1.54) is 0 Å². The molecule has 0 aromatic heterocycles. The lowest BCUT2D eigenvalue weighted by molar-refractivity contribution is -0.142. The highest BCUT2D eigenvalue weighted by atomic mass is 35.5. The highest BCUT2D eigenvalue weighted by Gasteiger charge is 2.74. The summed E-state index contributed by atoms with van der Waals surface area (Å²) in [4.78, 5) is 49.0. The minimum Gasteiger partial charge on any atom is -0.494 e. The second kappa shape index (κ2) is 13.6. The predicted molar refractivity (Wildman–Crippen MR) is 181 cm³/mol. The summed E-state index contributed by atoms with van der Waals surface area (Å²) >= 11 is 7.77. The number of hydrogen-bond acceptors (Lipinski definition) is 6. The van der Waals surface area contributed by atoms with Crippen molar-refractivity contribution >= 4 is 52.5 Å². The lowest BCUT2D eigenvalue weighted by Crippen LogP contribution is -2.58. The predicted octanol–water partition coefficient (Wildman–Crippen LogP) is 5.59. The molecule has 2 aromatic carbocycles. The normalized spacial score (nSPS) is 25.6. The monoisotopic (exact) mass is 651 g/mol. The van der Waals surface area contributed by atoms with Crippen molar-refractivity contribution in [3.63, 3.8) is 0 Å². The number of anilines is 2. The Bertz CT molecular complexity index is 1430. The van der Waals surface area contributed by atoms with Crippen LogP contribution in [0.15, 0.2) is 73.8 Å². The fourth-order valence-corrected chi connectivity index (χ4v) is 9.69. The molecule has 0 radical (unpaired) electrons. The van der Waals surface area contributed by atoms with E-state index in [2.05, 4.69) is 13.2 Å². The van der Waals surface area contributed by atoms with Crippen LogP contribution in [0.3, 0.4) is 0 Å². The number of amides is 3. The molecule has 3 heterocycles. The quantitative estimate of drug-likeness (QED) is 0.284. The smallest absolute Gasteiger partial charge is 0.251 e. The second-order valence-electron chi connectivity index (χ2n) is 12.2. The molecule has 1 N–H and O–H groups in total. The van der Waals surface area contributed by atoms with Crippen molar-refractivity contribution < 1.29 is 24.2 Å². The van der Waals surface area contributed by atoms with Crippen molar-refractivity contribution in [1.29, 1.82) is 0 Å². The third kappa shape index (κ3) is 5.79. The average Bonchev–Trinajstić information content (AvgIpc) is 3.67. The van der Waals surface area contributed by atoms with Crippen LogP contribution in [0, 0.1) is 17.8 Å². The zero-order valence-corrected chi connectivity index (χ0v) is 27.7. The summed E-state index contributed by atoms with van der Waals surface area (Å²) < 4.78 is 4.78. The van der Waals surface area contributed by atoms with Gasteiger partial charge in [0.1, 0.15) is 11.8 Å². The van der Waals surface area contributed by atoms with E-state index in [4.69, 9.17) is 16.3 Å². The molecule has 45 heavy (non-hydrogen) atoms. The number of fused-ring (bicyclic) bond motifs is 1. The van der Waals surface area contributed by atoms with E-state index in [0.29, 0.717) is 41.6 Å². The topological polar surface area (TPSA) is 90.4 Å². The van der Waals surface area contributed by atoms with Crippen LogP contribution in [-0.2, 0) is 14.4 Å². The van der Waals surface area contributed by atoms with Gasteiger partial charge in [-0.15, -0.1) is 24.9 Å². The van der Waals surface area contributed by atoms with Crippen molar-refractivity contribution in [3.8, 4) is 5.75 Å². The molecule has 3 aliphatic heterocycles. The minimum atomic E-state index is -0.865. The zero-order chi connectivity index (χ0) is 32.5. The maximum absolute atomic E-state index is 14.8. The van der Waals surface area contributed by atoms with Crippen LogP contribution in [0.25, 0.3) is 0 Å². The van der Waals surface area contributed by atoms with Gasteiger partial charge in [-0.2, -0.15) is 0 Å². The lowest BCUT2D eigenvalue weighted by Gasteiger charge is -2.40. The molecular formula is C35H42ClN3O5S. The Kier molecular flexibility index (Phi) is 10.0. The number of carbonyl (C=O) groups excluding carboxylic acids is 3. The molecule has 8 nitrogen and oxygen atoms in total. The molecule has 5 rings (SSSR count). The third-order valence-electron chi connectivity index (χ3n) is 9.32. The van der Waals surface area contributed by atoms with Crippen molar-refractivity contribution in [2.24, 2.45) is 17.8 Å². The van der Waals surface area contributed by atoms with Crippen LogP contribution in [0.4, 0.5) is 11.4 Å². The Balaban J connectivity index is 1.57. The maximum atomic E-state index is 14.8. The molecular weight excluding hydrogens is 610 g/mol. The molecule has 2 aromatic rings. The van der Waals surface area contributed by atoms with Crippen LogP contribution in [-0.4, -0.2) is 76.1 Å².